The smallest absolute Gasteiger partial charge is 0.309 e. The fourth-order valence-electron chi connectivity index (χ4n) is 1.40. The van der Waals surface area contributed by atoms with Crippen molar-refractivity contribution in [1.29, 1.82) is 5.26 Å². The van der Waals surface area contributed by atoms with Crippen LogP contribution in [-0.4, -0.2) is 15.6 Å². The highest BCUT2D eigenvalue weighted by atomic mass is 16.4. The van der Waals surface area contributed by atoms with Crippen LogP contribution in [-0.2, 0) is 17.8 Å². The number of aromatic nitrogens is 1. The molecule has 0 aliphatic heterocycles. The summed E-state index contributed by atoms with van der Waals surface area (Å²) in [6.07, 6.45) is 0.859. The van der Waals surface area contributed by atoms with E-state index < -0.39 is 5.97 Å². The molecule has 1 heterocycles. The number of carboxylic acid groups (broad SMARTS) is 1. The molecule has 0 aliphatic rings. The maximum atomic E-state index is 10.5. The number of nitrogens with zero attached hydrogens (tertiary/aromatic N) is 2. The van der Waals surface area contributed by atoms with Crippen molar-refractivity contribution in [2.75, 3.05) is 0 Å². The van der Waals surface area contributed by atoms with Gasteiger partial charge in [-0.25, -0.2) is 0 Å². The normalized spacial score (nSPS) is 9.71. The predicted octanol–water partition coefficient (Wildman–Crippen LogP) is 1.40. The molecule has 0 spiro atoms. The average Bonchev–Trinajstić information content (AvgIpc) is 2.48. The van der Waals surface area contributed by atoms with Crippen LogP contribution >= 0.6 is 0 Å². The predicted molar refractivity (Wildman–Crippen MR) is 50.8 cm³/mol. The fraction of sp³-hybridized carbons (Fsp3) is 0.400. The molecule has 0 fully saturated rings. The van der Waals surface area contributed by atoms with E-state index in [1.54, 1.807) is 16.7 Å². The molecule has 0 unspecified atom stereocenters. The molecule has 14 heavy (non-hydrogen) atoms. The Kier molecular flexibility index (Phi) is 3.29. The second kappa shape index (κ2) is 4.47. The standard InChI is InChI=1S/C10H12N2O2/c1-2-5-12-8(6-10(13)14)3-4-9(12)7-11/h3-4H,2,5-6H2,1H3,(H,13,14). The molecular formula is C10H12N2O2. The van der Waals surface area contributed by atoms with Gasteiger partial charge in [0.25, 0.3) is 0 Å². The molecule has 1 aromatic rings. The third-order valence-corrected chi connectivity index (χ3v) is 1.97. The van der Waals surface area contributed by atoms with Crippen LogP contribution in [0.3, 0.4) is 0 Å². The second-order valence-electron chi connectivity index (χ2n) is 3.04. The van der Waals surface area contributed by atoms with Crippen LogP contribution in [0.5, 0.6) is 0 Å². The first-order valence-corrected chi connectivity index (χ1v) is 4.49. The maximum Gasteiger partial charge on any atom is 0.309 e. The van der Waals surface area contributed by atoms with Crippen LogP contribution in [0.2, 0.25) is 0 Å². The summed E-state index contributed by atoms with van der Waals surface area (Å²) in [4.78, 5) is 10.5. The topological polar surface area (TPSA) is 66.0 Å². The van der Waals surface area contributed by atoms with Gasteiger partial charge in [-0.3, -0.25) is 4.79 Å². The number of carboxylic acids is 1. The highest BCUT2D eigenvalue weighted by Crippen LogP contribution is 2.10. The summed E-state index contributed by atoms with van der Waals surface area (Å²) in [6.45, 7) is 2.68. The van der Waals surface area contributed by atoms with E-state index in [1.165, 1.54) is 0 Å². The van der Waals surface area contributed by atoms with Crippen molar-refractivity contribution in [1.82, 2.24) is 4.57 Å². The first kappa shape index (κ1) is 10.3. The highest BCUT2D eigenvalue weighted by Gasteiger charge is 2.09. The lowest BCUT2D eigenvalue weighted by Gasteiger charge is -2.06. The van der Waals surface area contributed by atoms with Gasteiger partial charge >= 0.3 is 5.97 Å². The van der Waals surface area contributed by atoms with Gasteiger partial charge in [-0.1, -0.05) is 6.92 Å². The summed E-state index contributed by atoms with van der Waals surface area (Å²) in [5, 5.41) is 17.4. The summed E-state index contributed by atoms with van der Waals surface area (Å²) in [5.74, 6) is -0.870. The van der Waals surface area contributed by atoms with E-state index >= 15 is 0 Å². The van der Waals surface area contributed by atoms with E-state index in [2.05, 4.69) is 0 Å². The molecule has 1 aromatic heterocycles. The minimum Gasteiger partial charge on any atom is -0.481 e. The molecule has 4 heteroatoms. The first-order valence-electron chi connectivity index (χ1n) is 4.49. The maximum absolute atomic E-state index is 10.5. The molecule has 0 aliphatic carbocycles. The molecule has 0 saturated heterocycles. The Balaban J connectivity index is 2.99. The zero-order valence-corrected chi connectivity index (χ0v) is 8.03. The third kappa shape index (κ3) is 2.13. The second-order valence-corrected chi connectivity index (χ2v) is 3.04. The minimum atomic E-state index is -0.870. The van der Waals surface area contributed by atoms with Crippen LogP contribution in [0.4, 0.5) is 0 Å². The molecule has 0 saturated carbocycles. The van der Waals surface area contributed by atoms with Crippen molar-refractivity contribution in [3.63, 3.8) is 0 Å². The Morgan fingerprint density at radius 3 is 2.86 bits per heavy atom. The van der Waals surface area contributed by atoms with Crippen molar-refractivity contribution in [3.05, 3.63) is 23.5 Å². The van der Waals surface area contributed by atoms with Gasteiger partial charge in [0.15, 0.2) is 0 Å². The Hall–Kier alpha value is -1.76. The summed E-state index contributed by atoms with van der Waals surface area (Å²) < 4.78 is 1.76. The van der Waals surface area contributed by atoms with Gasteiger partial charge in [-0.05, 0) is 18.6 Å². The number of nitriles is 1. The lowest BCUT2D eigenvalue weighted by molar-refractivity contribution is -0.136. The molecular weight excluding hydrogens is 180 g/mol. The molecule has 0 bridgehead atoms. The van der Waals surface area contributed by atoms with Crippen LogP contribution < -0.4 is 0 Å². The quantitative estimate of drug-likeness (QED) is 0.784. The number of carbonyl (C=O) groups is 1. The van der Waals surface area contributed by atoms with Crippen molar-refractivity contribution >= 4 is 5.97 Å². The van der Waals surface area contributed by atoms with Crippen molar-refractivity contribution < 1.29 is 9.90 Å². The van der Waals surface area contributed by atoms with E-state index in [0.717, 1.165) is 6.42 Å². The first-order chi connectivity index (χ1) is 6.69. The van der Waals surface area contributed by atoms with Gasteiger partial charge in [0.05, 0.1) is 6.42 Å². The SMILES string of the molecule is CCCn1c(C#N)ccc1CC(=O)O. The van der Waals surface area contributed by atoms with E-state index in [4.69, 9.17) is 10.4 Å². The molecule has 1 N–H and O–H groups in total. The van der Waals surface area contributed by atoms with Gasteiger partial charge in [0.1, 0.15) is 11.8 Å². The molecule has 74 valence electrons. The van der Waals surface area contributed by atoms with Crippen LogP contribution in [0.25, 0.3) is 0 Å². The van der Waals surface area contributed by atoms with E-state index in [9.17, 15) is 4.79 Å². The van der Waals surface area contributed by atoms with E-state index in [1.807, 2.05) is 13.0 Å². The number of rotatable bonds is 4. The molecule has 0 radical (unpaired) electrons. The van der Waals surface area contributed by atoms with Gasteiger partial charge in [0, 0.05) is 12.2 Å². The monoisotopic (exact) mass is 192 g/mol. The average molecular weight is 192 g/mol. The lowest BCUT2D eigenvalue weighted by atomic mass is 10.3. The third-order valence-electron chi connectivity index (χ3n) is 1.97. The summed E-state index contributed by atoms with van der Waals surface area (Å²) in [7, 11) is 0. The van der Waals surface area contributed by atoms with Crippen LogP contribution in [0.1, 0.15) is 24.7 Å². The molecule has 0 aromatic carbocycles. The summed E-state index contributed by atoms with van der Waals surface area (Å²) in [6, 6.07) is 5.40. The van der Waals surface area contributed by atoms with Crippen molar-refractivity contribution in [3.8, 4) is 6.07 Å². The fourth-order valence-corrected chi connectivity index (χ4v) is 1.40. The Morgan fingerprint density at radius 2 is 2.36 bits per heavy atom. The van der Waals surface area contributed by atoms with Gasteiger partial charge in [0.2, 0.25) is 0 Å². The van der Waals surface area contributed by atoms with Gasteiger partial charge < -0.3 is 9.67 Å². The zero-order valence-electron chi connectivity index (χ0n) is 8.03. The molecule has 1 rings (SSSR count). The van der Waals surface area contributed by atoms with Crippen LogP contribution in [0, 0.1) is 11.3 Å². The molecule has 4 nitrogen and oxygen atoms in total. The van der Waals surface area contributed by atoms with E-state index in [-0.39, 0.29) is 6.42 Å². The van der Waals surface area contributed by atoms with Crippen molar-refractivity contribution in [2.24, 2.45) is 0 Å². The van der Waals surface area contributed by atoms with Crippen LogP contribution in [0.15, 0.2) is 12.1 Å². The molecule has 0 amide bonds. The Bertz CT molecular complexity index is 374. The Morgan fingerprint density at radius 1 is 1.64 bits per heavy atom. The summed E-state index contributed by atoms with van der Waals surface area (Å²) >= 11 is 0. The number of aliphatic carboxylic acids is 1. The van der Waals surface area contributed by atoms with Gasteiger partial charge in [-0.2, -0.15) is 5.26 Å². The number of hydrogen-bond donors (Lipinski definition) is 1. The van der Waals surface area contributed by atoms with E-state index in [0.29, 0.717) is 17.9 Å². The largest absolute Gasteiger partial charge is 0.481 e. The zero-order chi connectivity index (χ0) is 10.6. The number of hydrogen-bond acceptors (Lipinski definition) is 2. The Labute approximate surface area is 82.4 Å². The summed E-state index contributed by atoms with van der Waals surface area (Å²) in [5.41, 5.74) is 1.22. The minimum absolute atomic E-state index is 0.0261. The lowest BCUT2D eigenvalue weighted by Crippen LogP contribution is -2.09. The van der Waals surface area contributed by atoms with Gasteiger partial charge in [-0.15, -0.1) is 0 Å². The highest BCUT2D eigenvalue weighted by molar-refractivity contribution is 5.69. The molecule has 0 atom stereocenters. The van der Waals surface area contributed by atoms with Crippen molar-refractivity contribution in [2.45, 2.75) is 26.3 Å².